The third-order valence-corrected chi connectivity index (χ3v) is 5.73. The zero-order valence-corrected chi connectivity index (χ0v) is 15.5. The summed E-state index contributed by atoms with van der Waals surface area (Å²) < 4.78 is 10.6. The molecule has 1 aliphatic heterocycles. The number of ether oxygens (including phenoxy) is 2. The van der Waals surface area contributed by atoms with E-state index in [1.165, 1.54) is 51.6 Å². The van der Waals surface area contributed by atoms with Crippen LogP contribution in [0.5, 0.6) is 11.5 Å². The van der Waals surface area contributed by atoms with E-state index in [4.69, 9.17) is 9.47 Å². The van der Waals surface area contributed by atoms with Gasteiger partial charge in [-0.1, -0.05) is 12.8 Å². The van der Waals surface area contributed by atoms with Crippen LogP contribution in [0.4, 0.5) is 0 Å². The highest BCUT2D eigenvalue weighted by Crippen LogP contribution is 2.28. The molecule has 1 aromatic carbocycles. The third kappa shape index (κ3) is 4.87. The Balaban J connectivity index is 1.47. The lowest BCUT2D eigenvalue weighted by Crippen LogP contribution is -2.46. The molecule has 1 aromatic rings. The van der Waals surface area contributed by atoms with Crippen LogP contribution in [-0.2, 0) is 0 Å². The summed E-state index contributed by atoms with van der Waals surface area (Å²) in [5.41, 5.74) is 0.826. The summed E-state index contributed by atoms with van der Waals surface area (Å²) in [6.45, 7) is 2.93. The molecule has 3 rings (SSSR count). The van der Waals surface area contributed by atoms with Gasteiger partial charge in [0.15, 0.2) is 0 Å². The molecule has 140 valence electrons. The van der Waals surface area contributed by atoms with Crippen molar-refractivity contribution in [1.82, 2.24) is 10.2 Å². The van der Waals surface area contributed by atoms with E-state index in [-0.39, 0.29) is 0 Å². The molecule has 0 radical (unpaired) electrons. The molecule has 1 atom stereocenters. The van der Waals surface area contributed by atoms with Crippen LogP contribution in [-0.4, -0.2) is 55.9 Å². The van der Waals surface area contributed by atoms with Gasteiger partial charge < -0.3 is 24.8 Å². The van der Waals surface area contributed by atoms with Crippen molar-refractivity contribution >= 4 is 0 Å². The molecule has 0 aromatic heterocycles. The summed E-state index contributed by atoms with van der Waals surface area (Å²) in [6, 6.07) is 6.90. The van der Waals surface area contributed by atoms with Crippen LogP contribution in [0.2, 0.25) is 0 Å². The van der Waals surface area contributed by atoms with E-state index in [0.717, 1.165) is 11.6 Å². The van der Waals surface area contributed by atoms with Gasteiger partial charge in [-0.05, 0) is 56.5 Å². The van der Waals surface area contributed by atoms with Crippen molar-refractivity contribution in [3.05, 3.63) is 23.8 Å². The molecular formula is C20H32N2O3. The first kappa shape index (κ1) is 18.5. The van der Waals surface area contributed by atoms with Crippen molar-refractivity contribution in [1.29, 1.82) is 0 Å². The third-order valence-electron chi connectivity index (χ3n) is 5.73. The molecule has 25 heavy (non-hydrogen) atoms. The van der Waals surface area contributed by atoms with E-state index in [1.54, 1.807) is 14.2 Å². The predicted molar refractivity (Wildman–Crippen MR) is 99.4 cm³/mol. The summed E-state index contributed by atoms with van der Waals surface area (Å²) in [6.07, 6.45) is 7.35. The molecule has 1 saturated heterocycles. The van der Waals surface area contributed by atoms with Crippen molar-refractivity contribution in [2.24, 2.45) is 0 Å². The van der Waals surface area contributed by atoms with Gasteiger partial charge in [-0.15, -0.1) is 0 Å². The van der Waals surface area contributed by atoms with Crippen LogP contribution in [0.15, 0.2) is 18.2 Å². The average molecular weight is 348 g/mol. The van der Waals surface area contributed by atoms with Gasteiger partial charge >= 0.3 is 0 Å². The van der Waals surface area contributed by atoms with Crippen molar-refractivity contribution in [3.63, 3.8) is 0 Å². The first-order valence-corrected chi connectivity index (χ1v) is 9.58. The van der Waals surface area contributed by atoms with Gasteiger partial charge in [0.05, 0.1) is 20.3 Å². The smallest absolute Gasteiger partial charge is 0.122 e. The minimum absolute atomic E-state index is 0.500. The van der Waals surface area contributed by atoms with Crippen LogP contribution in [0.25, 0.3) is 0 Å². The maximum Gasteiger partial charge on any atom is 0.122 e. The van der Waals surface area contributed by atoms with Gasteiger partial charge in [-0.25, -0.2) is 0 Å². The molecule has 0 amide bonds. The summed E-state index contributed by atoms with van der Waals surface area (Å²) in [4.78, 5) is 2.68. The standard InChI is InChI=1S/C20H32N2O3/c1-24-18-11-15(12-19(13-18)25-2)20(23)14-21-16-7-9-22(10-8-16)17-5-3-4-6-17/h11-13,16-17,20-21,23H,3-10,14H2,1-2H3. The minimum Gasteiger partial charge on any atom is -0.497 e. The Bertz CT molecular complexity index is 515. The molecule has 1 heterocycles. The fourth-order valence-electron chi connectivity index (χ4n) is 4.16. The molecule has 2 fully saturated rings. The second kappa shape index (κ2) is 8.88. The van der Waals surface area contributed by atoms with Crippen molar-refractivity contribution in [2.45, 2.75) is 56.7 Å². The number of benzene rings is 1. The number of hydrogen-bond acceptors (Lipinski definition) is 5. The lowest BCUT2D eigenvalue weighted by molar-refractivity contribution is 0.129. The topological polar surface area (TPSA) is 54.0 Å². The number of aliphatic hydroxyl groups excluding tert-OH is 1. The largest absolute Gasteiger partial charge is 0.497 e. The Morgan fingerprint density at radius 2 is 1.64 bits per heavy atom. The highest BCUT2D eigenvalue weighted by molar-refractivity contribution is 5.39. The Morgan fingerprint density at radius 3 is 2.20 bits per heavy atom. The minimum atomic E-state index is -0.558. The van der Waals surface area contributed by atoms with E-state index >= 15 is 0 Å². The van der Waals surface area contributed by atoms with Crippen molar-refractivity contribution < 1.29 is 14.6 Å². The Hall–Kier alpha value is -1.30. The second-order valence-electron chi connectivity index (χ2n) is 7.32. The van der Waals surface area contributed by atoms with E-state index < -0.39 is 6.10 Å². The highest BCUT2D eigenvalue weighted by atomic mass is 16.5. The molecule has 0 bridgehead atoms. The van der Waals surface area contributed by atoms with Gasteiger partial charge in [-0.3, -0.25) is 0 Å². The van der Waals surface area contributed by atoms with Crippen LogP contribution >= 0.6 is 0 Å². The van der Waals surface area contributed by atoms with Gasteiger partial charge in [0.1, 0.15) is 11.5 Å². The van der Waals surface area contributed by atoms with Gasteiger partial charge in [0.2, 0.25) is 0 Å². The second-order valence-corrected chi connectivity index (χ2v) is 7.32. The highest BCUT2D eigenvalue weighted by Gasteiger charge is 2.27. The summed E-state index contributed by atoms with van der Waals surface area (Å²) >= 11 is 0. The van der Waals surface area contributed by atoms with E-state index in [9.17, 15) is 5.11 Å². The number of hydrogen-bond donors (Lipinski definition) is 2. The molecule has 1 aliphatic carbocycles. The van der Waals surface area contributed by atoms with Crippen LogP contribution in [0.1, 0.15) is 50.2 Å². The summed E-state index contributed by atoms with van der Waals surface area (Å²) in [7, 11) is 3.25. The Morgan fingerprint density at radius 1 is 1.04 bits per heavy atom. The first-order valence-electron chi connectivity index (χ1n) is 9.58. The SMILES string of the molecule is COc1cc(OC)cc(C(O)CNC2CCN(C3CCCC3)CC2)c1. The van der Waals surface area contributed by atoms with Gasteiger partial charge in [0, 0.05) is 24.7 Å². The maximum atomic E-state index is 10.5. The Labute approximate surface area is 151 Å². The molecule has 1 unspecified atom stereocenters. The van der Waals surface area contributed by atoms with Crippen molar-refractivity contribution in [3.8, 4) is 11.5 Å². The number of likely N-dealkylation sites (tertiary alicyclic amines) is 1. The quantitative estimate of drug-likeness (QED) is 0.793. The average Bonchev–Trinajstić information content (AvgIpc) is 3.20. The van der Waals surface area contributed by atoms with Crippen LogP contribution in [0, 0.1) is 0 Å². The normalized spacial score (nSPS) is 21.4. The lowest BCUT2D eigenvalue weighted by atomic mass is 10.0. The number of nitrogens with one attached hydrogen (secondary N) is 1. The fourth-order valence-corrected chi connectivity index (χ4v) is 4.16. The summed E-state index contributed by atoms with van der Waals surface area (Å²) in [5.74, 6) is 1.41. The monoisotopic (exact) mass is 348 g/mol. The molecular weight excluding hydrogens is 316 g/mol. The number of piperidine rings is 1. The molecule has 0 spiro atoms. The fraction of sp³-hybridized carbons (Fsp3) is 0.700. The maximum absolute atomic E-state index is 10.5. The zero-order chi connectivity index (χ0) is 17.6. The van der Waals surface area contributed by atoms with E-state index in [1.807, 2.05) is 18.2 Å². The molecule has 5 heteroatoms. The number of rotatable bonds is 7. The molecule has 2 N–H and O–H groups in total. The van der Waals surface area contributed by atoms with Gasteiger partial charge in [0.25, 0.3) is 0 Å². The predicted octanol–water partition coefficient (Wildman–Crippen LogP) is 2.73. The van der Waals surface area contributed by atoms with Gasteiger partial charge in [-0.2, -0.15) is 0 Å². The number of methoxy groups -OCH3 is 2. The van der Waals surface area contributed by atoms with E-state index in [0.29, 0.717) is 24.1 Å². The zero-order valence-electron chi connectivity index (χ0n) is 15.5. The van der Waals surface area contributed by atoms with Crippen molar-refractivity contribution in [2.75, 3.05) is 33.9 Å². The van der Waals surface area contributed by atoms with Crippen LogP contribution < -0.4 is 14.8 Å². The molecule has 5 nitrogen and oxygen atoms in total. The molecule has 1 saturated carbocycles. The number of nitrogens with zero attached hydrogens (tertiary/aromatic N) is 1. The lowest BCUT2D eigenvalue weighted by Gasteiger charge is -2.36. The molecule has 2 aliphatic rings. The summed E-state index contributed by atoms with van der Waals surface area (Å²) in [5, 5.41) is 14.1. The number of aliphatic hydroxyl groups is 1. The van der Waals surface area contributed by atoms with Crippen LogP contribution in [0.3, 0.4) is 0 Å². The van der Waals surface area contributed by atoms with E-state index in [2.05, 4.69) is 10.2 Å². The Kier molecular flexibility index (Phi) is 6.57. The first-order chi connectivity index (χ1) is 12.2.